The average molecular weight is 355 g/mol. The van der Waals surface area contributed by atoms with E-state index >= 15 is 0 Å². The molecule has 0 bridgehead atoms. The SMILES string of the molecule is CC.CCC(C)(C)c1cccc2cc(C(=O)C(C)(C)C)c(C(C)C)cc12. The summed E-state index contributed by atoms with van der Waals surface area (Å²) in [5.74, 6) is 0.557. The minimum absolute atomic E-state index is 0.128. The van der Waals surface area contributed by atoms with Crippen molar-refractivity contribution < 1.29 is 4.79 Å². The number of ketones is 1. The molecule has 0 saturated carbocycles. The maximum Gasteiger partial charge on any atom is 0.168 e. The summed E-state index contributed by atoms with van der Waals surface area (Å²) in [6.45, 7) is 21.2. The number of Topliss-reactive ketones (excluding diaryl/α,β-unsaturated/α-hetero) is 1. The van der Waals surface area contributed by atoms with Crippen LogP contribution < -0.4 is 0 Å². The minimum atomic E-state index is -0.363. The van der Waals surface area contributed by atoms with Crippen LogP contribution in [-0.4, -0.2) is 5.78 Å². The summed E-state index contributed by atoms with van der Waals surface area (Å²) in [5, 5.41) is 2.46. The van der Waals surface area contributed by atoms with E-state index in [9.17, 15) is 4.79 Å². The van der Waals surface area contributed by atoms with Gasteiger partial charge < -0.3 is 0 Å². The Hall–Kier alpha value is -1.63. The lowest BCUT2D eigenvalue weighted by atomic mass is 9.77. The van der Waals surface area contributed by atoms with E-state index in [0.717, 1.165) is 12.0 Å². The third-order valence-electron chi connectivity index (χ3n) is 5.21. The number of carbonyl (C=O) groups excluding carboxylic acids is 1. The Morgan fingerprint density at radius 2 is 1.58 bits per heavy atom. The normalized spacial score (nSPS) is 12.1. The predicted octanol–water partition coefficient (Wildman–Crippen LogP) is 7.91. The Bertz CT molecular complexity index is 758. The van der Waals surface area contributed by atoms with Gasteiger partial charge in [0.25, 0.3) is 0 Å². The molecular weight excluding hydrogens is 316 g/mol. The zero-order chi connectivity index (χ0) is 20.3. The molecule has 0 aliphatic rings. The molecule has 0 spiro atoms. The summed E-state index contributed by atoms with van der Waals surface area (Å²) < 4.78 is 0. The van der Waals surface area contributed by atoms with Crippen LogP contribution in [0.4, 0.5) is 0 Å². The van der Waals surface area contributed by atoms with E-state index < -0.39 is 0 Å². The van der Waals surface area contributed by atoms with Crippen molar-refractivity contribution in [1.82, 2.24) is 0 Å². The predicted molar refractivity (Wildman–Crippen MR) is 116 cm³/mol. The molecular formula is C25H38O. The minimum Gasteiger partial charge on any atom is -0.294 e. The van der Waals surface area contributed by atoms with Crippen molar-refractivity contribution in [3.05, 3.63) is 47.0 Å². The van der Waals surface area contributed by atoms with E-state index in [1.165, 1.54) is 21.9 Å². The van der Waals surface area contributed by atoms with E-state index in [4.69, 9.17) is 0 Å². The van der Waals surface area contributed by atoms with Gasteiger partial charge in [-0.3, -0.25) is 4.79 Å². The maximum absolute atomic E-state index is 13.0. The molecule has 144 valence electrons. The molecule has 0 unspecified atom stereocenters. The van der Waals surface area contributed by atoms with Gasteiger partial charge in [-0.15, -0.1) is 0 Å². The number of benzene rings is 2. The fourth-order valence-corrected chi connectivity index (χ4v) is 3.20. The smallest absolute Gasteiger partial charge is 0.168 e. The lowest BCUT2D eigenvalue weighted by Crippen LogP contribution is -2.22. The Morgan fingerprint density at radius 1 is 1.00 bits per heavy atom. The highest BCUT2D eigenvalue weighted by molar-refractivity contribution is 6.05. The van der Waals surface area contributed by atoms with Crippen LogP contribution in [0.25, 0.3) is 10.8 Å². The van der Waals surface area contributed by atoms with Gasteiger partial charge in [0.15, 0.2) is 5.78 Å². The molecule has 0 radical (unpaired) electrons. The van der Waals surface area contributed by atoms with Gasteiger partial charge in [0.05, 0.1) is 0 Å². The first kappa shape index (κ1) is 22.4. The zero-order valence-corrected chi connectivity index (χ0v) is 18.6. The lowest BCUT2D eigenvalue weighted by molar-refractivity contribution is 0.0857. The molecule has 1 nitrogen and oxygen atoms in total. The molecule has 26 heavy (non-hydrogen) atoms. The summed E-state index contributed by atoms with van der Waals surface area (Å²) in [6, 6.07) is 10.9. The fraction of sp³-hybridized carbons (Fsp3) is 0.560. The van der Waals surface area contributed by atoms with Crippen LogP contribution in [0.5, 0.6) is 0 Å². The molecule has 2 aromatic carbocycles. The van der Waals surface area contributed by atoms with E-state index in [2.05, 4.69) is 65.0 Å². The molecule has 0 amide bonds. The Balaban J connectivity index is 0.00000163. The van der Waals surface area contributed by atoms with Crippen LogP contribution in [-0.2, 0) is 5.41 Å². The number of hydrogen-bond acceptors (Lipinski definition) is 1. The van der Waals surface area contributed by atoms with Gasteiger partial charge in [-0.25, -0.2) is 0 Å². The monoisotopic (exact) mass is 354 g/mol. The first-order valence-corrected chi connectivity index (χ1v) is 10.1. The Morgan fingerprint density at radius 3 is 2.04 bits per heavy atom. The molecule has 0 aliphatic carbocycles. The summed E-state index contributed by atoms with van der Waals surface area (Å²) in [6.07, 6.45) is 1.09. The lowest BCUT2D eigenvalue weighted by Gasteiger charge is -2.27. The van der Waals surface area contributed by atoms with Crippen molar-refractivity contribution in [2.75, 3.05) is 0 Å². The molecule has 1 heteroatoms. The summed E-state index contributed by atoms with van der Waals surface area (Å²) in [4.78, 5) is 13.0. The molecule has 0 saturated heterocycles. The second-order valence-electron chi connectivity index (χ2n) is 8.94. The second kappa shape index (κ2) is 8.37. The van der Waals surface area contributed by atoms with E-state index in [-0.39, 0.29) is 16.6 Å². The van der Waals surface area contributed by atoms with E-state index in [1.54, 1.807) is 0 Å². The van der Waals surface area contributed by atoms with Crippen molar-refractivity contribution in [3.63, 3.8) is 0 Å². The van der Waals surface area contributed by atoms with Crippen LogP contribution in [0, 0.1) is 5.41 Å². The van der Waals surface area contributed by atoms with Crippen LogP contribution in [0.2, 0.25) is 0 Å². The number of hydrogen-bond donors (Lipinski definition) is 0. The molecule has 0 aliphatic heterocycles. The molecule has 0 aromatic heterocycles. The third-order valence-corrected chi connectivity index (χ3v) is 5.21. The highest BCUT2D eigenvalue weighted by atomic mass is 16.1. The quantitative estimate of drug-likeness (QED) is 0.510. The largest absolute Gasteiger partial charge is 0.294 e. The van der Waals surface area contributed by atoms with Crippen molar-refractivity contribution in [1.29, 1.82) is 0 Å². The second-order valence-corrected chi connectivity index (χ2v) is 8.94. The first-order valence-electron chi connectivity index (χ1n) is 10.1. The van der Waals surface area contributed by atoms with Gasteiger partial charge in [-0.05, 0) is 51.8 Å². The highest BCUT2D eigenvalue weighted by Gasteiger charge is 2.27. The van der Waals surface area contributed by atoms with Crippen LogP contribution >= 0.6 is 0 Å². The highest BCUT2D eigenvalue weighted by Crippen LogP contribution is 2.37. The summed E-state index contributed by atoms with van der Waals surface area (Å²) in [7, 11) is 0. The molecule has 0 fully saturated rings. The van der Waals surface area contributed by atoms with E-state index in [0.29, 0.717) is 5.92 Å². The molecule has 0 heterocycles. The standard InChI is InChI=1S/C23H32O.C2H6/c1-9-23(7,8)20-12-10-11-16-13-19(21(24)22(4,5)6)17(15(2)3)14-18(16)20;1-2/h10-15H,9H2,1-8H3;1-2H3. The van der Waals surface area contributed by atoms with Crippen molar-refractivity contribution in [2.24, 2.45) is 5.41 Å². The maximum atomic E-state index is 13.0. The fourth-order valence-electron chi connectivity index (χ4n) is 3.20. The number of carbonyl (C=O) groups is 1. The molecule has 2 rings (SSSR count). The number of rotatable bonds is 4. The Labute approximate surface area is 161 Å². The number of fused-ring (bicyclic) bond motifs is 1. The van der Waals surface area contributed by atoms with Crippen molar-refractivity contribution in [3.8, 4) is 0 Å². The van der Waals surface area contributed by atoms with Crippen LogP contribution in [0.1, 0.15) is 103 Å². The average Bonchev–Trinajstić information content (AvgIpc) is 2.60. The van der Waals surface area contributed by atoms with Crippen LogP contribution in [0.3, 0.4) is 0 Å². The molecule has 0 N–H and O–H groups in total. The van der Waals surface area contributed by atoms with Crippen molar-refractivity contribution >= 4 is 16.6 Å². The zero-order valence-electron chi connectivity index (χ0n) is 18.6. The topological polar surface area (TPSA) is 17.1 Å². The summed E-state index contributed by atoms with van der Waals surface area (Å²) >= 11 is 0. The van der Waals surface area contributed by atoms with Gasteiger partial charge in [0.1, 0.15) is 0 Å². The first-order chi connectivity index (χ1) is 12.0. The van der Waals surface area contributed by atoms with Gasteiger partial charge in [-0.1, -0.05) is 87.4 Å². The summed E-state index contributed by atoms with van der Waals surface area (Å²) in [5.41, 5.74) is 3.19. The molecule has 0 atom stereocenters. The Kier molecular flexibility index (Phi) is 7.22. The third kappa shape index (κ3) is 4.55. The van der Waals surface area contributed by atoms with Gasteiger partial charge in [-0.2, -0.15) is 0 Å². The van der Waals surface area contributed by atoms with Gasteiger partial charge in [0, 0.05) is 11.0 Å². The molecule has 2 aromatic rings. The van der Waals surface area contributed by atoms with E-state index in [1.807, 2.05) is 34.6 Å². The van der Waals surface area contributed by atoms with Crippen LogP contribution in [0.15, 0.2) is 30.3 Å². The van der Waals surface area contributed by atoms with Gasteiger partial charge in [0.2, 0.25) is 0 Å². The van der Waals surface area contributed by atoms with Gasteiger partial charge >= 0.3 is 0 Å². The van der Waals surface area contributed by atoms with Crippen molar-refractivity contribution in [2.45, 2.75) is 87.0 Å².